The Labute approximate surface area is 258 Å². The summed E-state index contributed by atoms with van der Waals surface area (Å²) >= 11 is 16.2. The minimum Gasteiger partial charge on any atom is -0.481 e. The lowest BCUT2D eigenvalue weighted by atomic mass is 10.0. The van der Waals surface area contributed by atoms with Gasteiger partial charge in [-0.25, -0.2) is 4.79 Å². The van der Waals surface area contributed by atoms with E-state index in [1.165, 1.54) is 40.2 Å². The van der Waals surface area contributed by atoms with Crippen LogP contribution in [0.2, 0.25) is 10.0 Å². The van der Waals surface area contributed by atoms with Crippen LogP contribution in [-0.4, -0.2) is 74.1 Å². The van der Waals surface area contributed by atoms with Crippen molar-refractivity contribution in [3.8, 4) is 0 Å². The monoisotopic (exact) mass is 655 g/mol. The SMILES string of the molecule is O=C(CSc1cc(Cl)ccc1Cl)N[C@@H]1C(=O)N2C(C(=O)O)=C(CSc3cc[n+]([C@@H]4C[C@H](C(=O)O)CN4)cc3)CS[C@H]12. The molecule has 0 spiro atoms. The highest BCUT2D eigenvalue weighted by molar-refractivity contribution is 8.01. The Balaban J connectivity index is 1.17. The fourth-order valence-corrected chi connectivity index (χ4v) is 8.44. The average Bonchev–Trinajstić information content (AvgIpc) is 3.46. The smallest absolute Gasteiger partial charge is 0.352 e. The van der Waals surface area contributed by atoms with Crippen molar-refractivity contribution in [2.75, 3.05) is 23.8 Å². The van der Waals surface area contributed by atoms with E-state index in [1.807, 2.05) is 29.1 Å². The molecule has 15 heteroatoms. The van der Waals surface area contributed by atoms with Crippen molar-refractivity contribution in [2.45, 2.75) is 33.8 Å². The molecule has 41 heavy (non-hydrogen) atoms. The lowest BCUT2D eigenvalue weighted by Crippen LogP contribution is -2.70. The second-order valence-corrected chi connectivity index (χ2v) is 13.6. The summed E-state index contributed by atoms with van der Waals surface area (Å²) in [5.74, 6) is -2.40. The highest BCUT2D eigenvalue weighted by Crippen LogP contribution is 2.41. The molecule has 216 valence electrons. The fraction of sp³-hybridized carbons (Fsp3) is 0.346. The van der Waals surface area contributed by atoms with Gasteiger partial charge in [0.05, 0.1) is 16.7 Å². The number of aliphatic carboxylic acids is 2. The number of hydrogen-bond donors (Lipinski definition) is 4. The number of carbonyl (C=O) groups excluding carboxylic acids is 2. The van der Waals surface area contributed by atoms with Crippen molar-refractivity contribution in [2.24, 2.45) is 5.92 Å². The van der Waals surface area contributed by atoms with E-state index < -0.39 is 35.2 Å². The van der Waals surface area contributed by atoms with Crippen molar-refractivity contribution in [3.63, 3.8) is 0 Å². The molecule has 1 aromatic heterocycles. The summed E-state index contributed by atoms with van der Waals surface area (Å²) in [5.41, 5.74) is 0.601. The van der Waals surface area contributed by atoms with E-state index in [1.54, 1.807) is 18.2 Å². The number of carbonyl (C=O) groups is 4. The first-order chi connectivity index (χ1) is 19.6. The van der Waals surface area contributed by atoms with Gasteiger partial charge in [0, 0.05) is 51.4 Å². The minimum atomic E-state index is -1.18. The van der Waals surface area contributed by atoms with Crippen LogP contribution in [0.4, 0.5) is 0 Å². The normalized spacial score (nSPS) is 23.7. The summed E-state index contributed by atoms with van der Waals surface area (Å²) in [6.07, 6.45) is 4.14. The van der Waals surface area contributed by atoms with Gasteiger partial charge >= 0.3 is 11.9 Å². The average molecular weight is 657 g/mol. The van der Waals surface area contributed by atoms with E-state index in [0.29, 0.717) is 45.0 Å². The zero-order chi connectivity index (χ0) is 29.3. The molecule has 0 radical (unpaired) electrons. The topological polar surface area (TPSA) is 140 Å². The Morgan fingerprint density at radius 2 is 1.90 bits per heavy atom. The van der Waals surface area contributed by atoms with E-state index in [0.717, 1.165) is 4.90 Å². The Bertz CT molecular complexity index is 1430. The van der Waals surface area contributed by atoms with E-state index in [9.17, 15) is 29.4 Å². The van der Waals surface area contributed by atoms with Gasteiger partial charge < -0.3 is 15.5 Å². The van der Waals surface area contributed by atoms with E-state index in [-0.39, 0.29) is 23.5 Å². The molecule has 10 nitrogen and oxygen atoms in total. The number of hydrogen-bond acceptors (Lipinski definition) is 8. The maximum Gasteiger partial charge on any atom is 0.352 e. The number of fused-ring (bicyclic) bond motifs is 1. The molecule has 0 aliphatic carbocycles. The molecule has 4 atom stereocenters. The van der Waals surface area contributed by atoms with Gasteiger partial charge in [-0.2, -0.15) is 4.57 Å². The molecule has 3 aliphatic rings. The van der Waals surface area contributed by atoms with Gasteiger partial charge in [-0.1, -0.05) is 23.2 Å². The summed E-state index contributed by atoms with van der Waals surface area (Å²) in [6, 6.07) is 7.95. The summed E-state index contributed by atoms with van der Waals surface area (Å²) < 4.78 is 1.92. The third-order valence-electron chi connectivity index (χ3n) is 6.87. The quantitative estimate of drug-likeness (QED) is 0.171. The third-order valence-corrected chi connectivity index (χ3v) is 11.0. The van der Waals surface area contributed by atoms with Crippen molar-refractivity contribution in [1.82, 2.24) is 15.5 Å². The fourth-order valence-electron chi connectivity index (χ4n) is 4.77. The van der Waals surface area contributed by atoms with Crippen LogP contribution in [0, 0.1) is 5.92 Å². The van der Waals surface area contributed by atoms with Crippen molar-refractivity contribution < 1.29 is 34.0 Å². The summed E-state index contributed by atoms with van der Waals surface area (Å²) in [4.78, 5) is 51.8. The number of amides is 2. The molecule has 2 amide bonds. The molecule has 0 unspecified atom stereocenters. The first-order valence-corrected chi connectivity index (χ1v) is 16.3. The second-order valence-electron chi connectivity index (χ2n) is 9.54. The number of aromatic nitrogens is 1. The minimum absolute atomic E-state index is 0.0266. The molecule has 4 heterocycles. The number of nitrogens with one attached hydrogen (secondary N) is 2. The first kappa shape index (κ1) is 30.1. The molecular weight excluding hydrogens is 631 g/mol. The maximum absolute atomic E-state index is 13.0. The zero-order valence-corrected chi connectivity index (χ0v) is 25.3. The van der Waals surface area contributed by atoms with Gasteiger partial charge in [-0.15, -0.1) is 35.3 Å². The van der Waals surface area contributed by atoms with Crippen molar-refractivity contribution in [1.29, 1.82) is 0 Å². The number of rotatable bonds is 10. The third kappa shape index (κ3) is 6.65. The molecule has 2 aromatic rings. The molecule has 3 aliphatic heterocycles. The van der Waals surface area contributed by atoms with Gasteiger partial charge in [0.2, 0.25) is 12.1 Å². The standard InChI is InChI=1S/C26H24Cl2N4O6S3/c27-15-1-2-17(28)18(8-15)40-12-20(33)30-21-23(34)32-22(26(37)38)14(11-41-24(21)32)10-39-16-3-5-31(6-4-16)19-7-13(9-29-19)25(35)36/h1-6,8,13,19,21,24,29H,7,9-12H2,(H2-,30,33,35,36,37,38)/p+1/t13-,19+,21+,24+/m0/s1. The van der Waals surface area contributed by atoms with E-state index in [4.69, 9.17) is 23.2 Å². The van der Waals surface area contributed by atoms with Crippen molar-refractivity contribution in [3.05, 3.63) is 64.0 Å². The van der Waals surface area contributed by atoms with Crippen LogP contribution in [0.25, 0.3) is 0 Å². The second kappa shape index (κ2) is 12.8. The number of carboxylic acid groups (broad SMARTS) is 2. The molecule has 5 rings (SSSR count). The lowest BCUT2D eigenvalue weighted by Gasteiger charge is -2.49. The van der Waals surface area contributed by atoms with E-state index >= 15 is 0 Å². The molecule has 4 N–H and O–H groups in total. The van der Waals surface area contributed by atoms with Crippen molar-refractivity contribution >= 4 is 82.2 Å². The molecule has 1 aromatic carbocycles. The predicted molar refractivity (Wildman–Crippen MR) is 157 cm³/mol. The van der Waals surface area contributed by atoms with E-state index in [2.05, 4.69) is 10.6 Å². The van der Waals surface area contributed by atoms with Crippen LogP contribution in [-0.2, 0) is 19.2 Å². The zero-order valence-electron chi connectivity index (χ0n) is 21.3. The highest BCUT2D eigenvalue weighted by Gasteiger charge is 2.54. The van der Waals surface area contributed by atoms with Gasteiger partial charge in [-0.05, 0) is 23.8 Å². The largest absolute Gasteiger partial charge is 0.481 e. The Morgan fingerprint density at radius 3 is 2.59 bits per heavy atom. The Morgan fingerprint density at radius 1 is 1.15 bits per heavy atom. The number of halogens is 2. The Kier molecular flexibility index (Phi) is 9.41. The summed E-state index contributed by atoms with van der Waals surface area (Å²) in [5, 5.41) is 25.6. The predicted octanol–water partition coefficient (Wildman–Crippen LogP) is 3.10. The maximum atomic E-state index is 13.0. The number of β-lactam (4-membered cyclic amide) rings is 1. The molecular formula is C26H25Cl2N4O6S3+. The van der Waals surface area contributed by atoms with Gasteiger partial charge in [0.15, 0.2) is 12.4 Å². The number of nitrogens with zero attached hydrogens (tertiary/aromatic N) is 2. The molecule has 2 saturated heterocycles. The van der Waals surface area contributed by atoms with Gasteiger partial charge in [0.1, 0.15) is 17.1 Å². The van der Waals surface area contributed by atoms with Gasteiger partial charge in [0.25, 0.3) is 5.91 Å². The molecule has 2 fully saturated rings. The van der Waals surface area contributed by atoms with Crippen LogP contribution in [0.5, 0.6) is 0 Å². The lowest BCUT2D eigenvalue weighted by molar-refractivity contribution is -0.726. The van der Waals surface area contributed by atoms with Crippen LogP contribution in [0.1, 0.15) is 12.6 Å². The number of benzene rings is 1. The number of pyridine rings is 1. The number of thioether (sulfide) groups is 3. The van der Waals surface area contributed by atoms with Crippen LogP contribution < -0.4 is 15.2 Å². The highest BCUT2D eigenvalue weighted by atomic mass is 35.5. The number of carboxylic acids is 2. The van der Waals surface area contributed by atoms with Crippen LogP contribution in [0.15, 0.2) is 63.8 Å². The summed E-state index contributed by atoms with van der Waals surface area (Å²) in [6.45, 7) is 0.422. The Hall–Kier alpha value is -2.42. The molecule has 0 saturated carbocycles. The summed E-state index contributed by atoms with van der Waals surface area (Å²) in [7, 11) is 0. The van der Waals surface area contributed by atoms with Crippen LogP contribution >= 0.6 is 58.5 Å². The molecule has 0 bridgehead atoms. The van der Waals surface area contributed by atoms with Gasteiger partial charge in [-0.3, -0.25) is 24.6 Å². The first-order valence-electron chi connectivity index (χ1n) is 12.5. The van der Waals surface area contributed by atoms with Crippen LogP contribution in [0.3, 0.4) is 0 Å².